The van der Waals surface area contributed by atoms with E-state index >= 15 is 0 Å². The van der Waals surface area contributed by atoms with E-state index in [1.54, 1.807) is 13.0 Å². The van der Waals surface area contributed by atoms with E-state index in [1.165, 1.54) is 4.31 Å². The van der Waals surface area contributed by atoms with Crippen molar-refractivity contribution in [2.24, 2.45) is 5.73 Å². The van der Waals surface area contributed by atoms with Crippen LogP contribution in [0.1, 0.15) is 18.1 Å². The SMILES string of the molecule is CC1CN(S(=O)(=O)Cc2ccccc2CN)CC(CO)O1. The fraction of sp³-hybridized carbons (Fsp3) is 0.571. The number of aliphatic hydroxyl groups excluding tert-OH is 1. The van der Waals surface area contributed by atoms with Crippen molar-refractivity contribution in [3.8, 4) is 0 Å². The van der Waals surface area contributed by atoms with Crippen LogP contribution in [0.25, 0.3) is 0 Å². The number of aliphatic hydroxyl groups is 1. The molecule has 3 N–H and O–H groups in total. The summed E-state index contributed by atoms with van der Waals surface area (Å²) in [6.07, 6.45) is -0.691. The second kappa shape index (κ2) is 6.85. The van der Waals surface area contributed by atoms with Crippen LogP contribution in [-0.4, -0.2) is 49.7 Å². The van der Waals surface area contributed by atoms with Crippen molar-refractivity contribution in [1.82, 2.24) is 4.31 Å². The second-order valence-electron chi connectivity index (χ2n) is 5.30. The van der Waals surface area contributed by atoms with E-state index in [4.69, 9.17) is 10.5 Å². The molecule has 0 radical (unpaired) electrons. The van der Waals surface area contributed by atoms with Crippen LogP contribution in [0.2, 0.25) is 0 Å². The lowest BCUT2D eigenvalue weighted by atomic mass is 10.1. The Balaban J connectivity index is 2.18. The maximum Gasteiger partial charge on any atom is 0.218 e. The quantitative estimate of drug-likeness (QED) is 0.801. The number of hydrogen-bond donors (Lipinski definition) is 2. The van der Waals surface area contributed by atoms with Crippen LogP contribution < -0.4 is 5.73 Å². The van der Waals surface area contributed by atoms with E-state index in [1.807, 2.05) is 18.2 Å². The van der Waals surface area contributed by atoms with Gasteiger partial charge in [0.25, 0.3) is 0 Å². The van der Waals surface area contributed by atoms with Crippen molar-refractivity contribution in [2.75, 3.05) is 19.7 Å². The highest BCUT2D eigenvalue weighted by molar-refractivity contribution is 7.88. The molecule has 0 spiro atoms. The van der Waals surface area contributed by atoms with Gasteiger partial charge in [0, 0.05) is 19.6 Å². The van der Waals surface area contributed by atoms with Gasteiger partial charge in [-0.05, 0) is 18.1 Å². The minimum Gasteiger partial charge on any atom is -0.394 e. The van der Waals surface area contributed by atoms with Crippen molar-refractivity contribution in [1.29, 1.82) is 0 Å². The van der Waals surface area contributed by atoms with Crippen LogP contribution in [0.15, 0.2) is 24.3 Å². The largest absolute Gasteiger partial charge is 0.394 e. The summed E-state index contributed by atoms with van der Waals surface area (Å²) >= 11 is 0. The normalized spacial score (nSPS) is 24.1. The molecule has 0 bridgehead atoms. The number of morpholine rings is 1. The number of ether oxygens (including phenoxy) is 1. The fourth-order valence-corrected chi connectivity index (χ4v) is 4.20. The molecule has 1 aliphatic rings. The third-order valence-electron chi connectivity index (χ3n) is 3.57. The summed E-state index contributed by atoms with van der Waals surface area (Å²) < 4.78 is 32.0. The highest BCUT2D eigenvalue weighted by Crippen LogP contribution is 2.19. The van der Waals surface area contributed by atoms with E-state index in [9.17, 15) is 13.5 Å². The van der Waals surface area contributed by atoms with E-state index in [0.29, 0.717) is 13.1 Å². The van der Waals surface area contributed by atoms with Gasteiger partial charge in [-0.2, -0.15) is 4.31 Å². The summed E-state index contributed by atoms with van der Waals surface area (Å²) in [4.78, 5) is 0. The molecule has 1 aromatic rings. The molecule has 2 unspecified atom stereocenters. The van der Waals surface area contributed by atoms with Gasteiger partial charge in [-0.3, -0.25) is 0 Å². The molecule has 7 heteroatoms. The zero-order valence-electron chi connectivity index (χ0n) is 12.1. The number of rotatable bonds is 5. The van der Waals surface area contributed by atoms with Crippen LogP contribution in [0, 0.1) is 0 Å². The molecule has 0 aromatic heterocycles. The Kier molecular flexibility index (Phi) is 5.34. The topological polar surface area (TPSA) is 92.9 Å². The highest BCUT2D eigenvalue weighted by Gasteiger charge is 2.32. The van der Waals surface area contributed by atoms with Gasteiger partial charge in [0.15, 0.2) is 0 Å². The number of hydrogen-bond acceptors (Lipinski definition) is 5. The van der Waals surface area contributed by atoms with Gasteiger partial charge < -0.3 is 15.6 Å². The summed E-state index contributed by atoms with van der Waals surface area (Å²) in [6, 6.07) is 7.27. The van der Waals surface area contributed by atoms with Crippen LogP contribution in [-0.2, 0) is 27.1 Å². The molecule has 21 heavy (non-hydrogen) atoms. The standard InChI is InChI=1S/C14H22N2O4S/c1-11-7-16(8-14(9-17)20-11)21(18,19)10-13-5-3-2-4-12(13)6-15/h2-5,11,14,17H,6-10,15H2,1H3. The van der Waals surface area contributed by atoms with Gasteiger partial charge in [-0.1, -0.05) is 24.3 Å². The molecular formula is C14H22N2O4S. The number of nitrogens with two attached hydrogens (primary N) is 1. The Morgan fingerprint density at radius 1 is 1.33 bits per heavy atom. The molecular weight excluding hydrogens is 292 g/mol. The van der Waals surface area contributed by atoms with Crippen LogP contribution in [0.4, 0.5) is 0 Å². The third-order valence-corrected chi connectivity index (χ3v) is 5.33. The first-order chi connectivity index (χ1) is 9.96. The highest BCUT2D eigenvalue weighted by atomic mass is 32.2. The molecule has 1 heterocycles. The lowest BCUT2D eigenvalue weighted by Crippen LogP contribution is -2.50. The summed E-state index contributed by atoms with van der Waals surface area (Å²) in [5.41, 5.74) is 7.21. The van der Waals surface area contributed by atoms with Gasteiger partial charge in [-0.15, -0.1) is 0 Å². The average molecular weight is 314 g/mol. The van der Waals surface area contributed by atoms with Gasteiger partial charge in [0.2, 0.25) is 10.0 Å². The van der Waals surface area contributed by atoms with Crippen LogP contribution in [0.5, 0.6) is 0 Å². The number of sulfonamides is 1. The fourth-order valence-electron chi connectivity index (χ4n) is 2.52. The van der Waals surface area contributed by atoms with Gasteiger partial charge in [-0.25, -0.2) is 8.42 Å². The first-order valence-corrected chi connectivity index (χ1v) is 8.58. The summed E-state index contributed by atoms with van der Waals surface area (Å²) in [5.74, 6) is -0.0781. The molecule has 6 nitrogen and oxygen atoms in total. The Bertz CT molecular complexity index is 576. The summed E-state index contributed by atoms with van der Waals surface area (Å²) in [7, 11) is -3.46. The minimum atomic E-state index is -3.46. The van der Waals surface area contributed by atoms with Crippen molar-refractivity contribution in [2.45, 2.75) is 31.4 Å². The summed E-state index contributed by atoms with van der Waals surface area (Å²) in [5, 5.41) is 9.20. The molecule has 118 valence electrons. The van der Waals surface area contributed by atoms with E-state index in [0.717, 1.165) is 11.1 Å². The Morgan fingerprint density at radius 3 is 2.62 bits per heavy atom. The van der Waals surface area contributed by atoms with Gasteiger partial charge in [0.05, 0.1) is 24.6 Å². The first kappa shape index (κ1) is 16.4. The van der Waals surface area contributed by atoms with Crippen LogP contribution in [0.3, 0.4) is 0 Å². The van der Waals surface area contributed by atoms with E-state index in [-0.39, 0.29) is 25.0 Å². The van der Waals surface area contributed by atoms with Crippen molar-refractivity contribution in [3.05, 3.63) is 35.4 Å². The predicted octanol–water partition coefficient (Wildman–Crippen LogP) is 0.0567. The molecule has 0 aliphatic carbocycles. The number of nitrogens with zero attached hydrogens (tertiary/aromatic N) is 1. The molecule has 1 aromatic carbocycles. The predicted molar refractivity (Wildman–Crippen MR) is 80.0 cm³/mol. The molecule has 0 amide bonds. The molecule has 2 rings (SSSR count). The van der Waals surface area contributed by atoms with Crippen molar-refractivity contribution in [3.63, 3.8) is 0 Å². The lowest BCUT2D eigenvalue weighted by molar-refractivity contribution is -0.0750. The molecule has 2 atom stereocenters. The lowest BCUT2D eigenvalue weighted by Gasteiger charge is -2.35. The average Bonchev–Trinajstić information content (AvgIpc) is 2.46. The monoisotopic (exact) mass is 314 g/mol. The first-order valence-electron chi connectivity index (χ1n) is 6.97. The van der Waals surface area contributed by atoms with Gasteiger partial charge in [0.1, 0.15) is 0 Å². The smallest absolute Gasteiger partial charge is 0.218 e. The zero-order chi connectivity index (χ0) is 15.5. The Morgan fingerprint density at radius 2 is 2.00 bits per heavy atom. The van der Waals surface area contributed by atoms with Crippen molar-refractivity contribution >= 4 is 10.0 Å². The second-order valence-corrected chi connectivity index (χ2v) is 7.27. The van der Waals surface area contributed by atoms with Gasteiger partial charge >= 0.3 is 0 Å². The summed E-state index contributed by atoms with van der Waals surface area (Å²) in [6.45, 7) is 2.43. The molecule has 1 aliphatic heterocycles. The third kappa shape index (κ3) is 4.02. The Labute approximate surface area is 125 Å². The van der Waals surface area contributed by atoms with Crippen molar-refractivity contribution < 1.29 is 18.3 Å². The molecule has 1 fully saturated rings. The molecule has 0 saturated carbocycles. The minimum absolute atomic E-state index is 0.0781. The maximum absolute atomic E-state index is 12.6. The van der Waals surface area contributed by atoms with E-state index in [2.05, 4.69) is 0 Å². The number of benzene rings is 1. The van der Waals surface area contributed by atoms with E-state index < -0.39 is 16.1 Å². The molecule has 1 saturated heterocycles. The zero-order valence-corrected chi connectivity index (χ0v) is 12.9. The maximum atomic E-state index is 12.6. The Hall–Kier alpha value is -0.990. The van der Waals surface area contributed by atoms with Crippen LogP contribution >= 0.6 is 0 Å².